The van der Waals surface area contributed by atoms with Gasteiger partial charge in [0.2, 0.25) is 0 Å². The number of quaternary nitrogens is 2. The summed E-state index contributed by atoms with van der Waals surface area (Å²) in [6.45, 7) is 5.57. The predicted molar refractivity (Wildman–Crippen MR) is 115 cm³/mol. The van der Waals surface area contributed by atoms with Crippen molar-refractivity contribution in [1.82, 2.24) is 0 Å². The Morgan fingerprint density at radius 3 is 1.90 bits per heavy atom. The molecular formula is C20H41N2O7S+. The zero-order chi connectivity index (χ0) is 23.8. The summed E-state index contributed by atoms with van der Waals surface area (Å²) in [5.74, 6) is -1.54. The van der Waals surface area contributed by atoms with Gasteiger partial charge in [-0.25, -0.2) is 4.79 Å². The summed E-state index contributed by atoms with van der Waals surface area (Å²) < 4.78 is 36.1. The van der Waals surface area contributed by atoms with Gasteiger partial charge in [-0.15, -0.1) is 0 Å². The van der Waals surface area contributed by atoms with Gasteiger partial charge in [0.25, 0.3) is 10.1 Å². The number of carbonyl (C=O) groups excluding carboxylic acids is 2. The minimum absolute atomic E-state index is 0.0694. The topological polar surface area (TPSA) is 121 Å². The molecule has 0 amide bonds. The third kappa shape index (κ3) is 26.5. The van der Waals surface area contributed by atoms with Crippen molar-refractivity contribution in [3.05, 3.63) is 12.7 Å². The molecule has 0 rings (SSSR count). The Morgan fingerprint density at radius 2 is 1.47 bits per heavy atom. The van der Waals surface area contributed by atoms with Crippen LogP contribution < -0.4 is 5.11 Å². The fourth-order valence-electron chi connectivity index (χ4n) is 2.58. The molecule has 1 N–H and O–H groups in total. The summed E-state index contributed by atoms with van der Waals surface area (Å²) in [7, 11) is 5.70. The molecule has 0 saturated heterocycles. The average molecular weight is 454 g/mol. The maximum atomic E-state index is 10.8. The lowest BCUT2D eigenvalue weighted by Gasteiger charge is -2.29. The summed E-state index contributed by atoms with van der Waals surface area (Å²) in [4.78, 5) is 20.7. The van der Waals surface area contributed by atoms with Crippen LogP contribution in [-0.4, -0.2) is 101 Å². The van der Waals surface area contributed by atoms with E-state index >= 15 is 0 Å². The Morgan fingerprint density at radius 1 is 0.967 bits per heavy atom. The molecule has 9 nitrogen and oxygen atoms in total. The number of rotatable bonds is 15. The standard InChI is InChI=1S/C15H29NO5S.C5H11NO2/c1-4-15(17)21-13-9-7-5-6-8-11-16(2,3)12-10-14-22(18,19)20;1-6(2,3)4-5(7)8/h4H,1,5-14H2,2-3H3;4H2,1-3H3/p+1. The van der Waals surface area contributed by atoms with E-state index in [4.69, 9.17) is 9.29 Å². The van der Waals surface area contributed by atoms with Crippen LogP contribution in [0.5, 0.6) is 0 Å². The molecule has 0 aliphatic rings. The van der Waals surface area contributed by atoms with Gasteiger partial charge in [0, 0.05) is 12.5 Å². The monoisotopic (exact) mass is 453 g/mol. The van der Waals surface area contributed by atoms with Crippen molar-refractivity contribution in [2.24, 2.45) is 0 Å². The highest BCUT2D eigenvalue weighted by atomic mass is 32.2. The van der Waals surface area contributed by atoms with Crippen LogP contribution in [0.15, 0.2) is 12.7 Å². The molecular weight excluding hydrogens is 412 g/mol. The van der Waals surface area contributed by atoms with Gasteiger partial charge in [0.05, 0.1) is 66.7 Å². The molecule has 0 bridgehead atoms. The van der Waals surface area contributed by atoms with Gasteiger partial charge in [0.1, 0.15) is 6.54 Å². The molecule has 0 unspecified atom stereocenters. The maximum Gasteiger partial charge on any atom is 0.330 e. The molecule has 0 aromatic heterocycles. The van der Waals surface area contributed by atoms with E-state index in [2.05, 4.69) is 20.7 Å². The summed E-state index contributed by atoms with van der Waals surface area (Å²) in [6, 6.07) is 0. The van der Waals surface area contributed by atoms with Gasteiger partial charge >= 0.3 is 5.97 Å². The third-order valence-electron chi connectivity index (χ3n) is 4.09. The highest BCUT2D eigenvalue weighted by Gasteiger charge is 2.16. The molecule has 0 saturated carbocycles. The van der Waals surface area contributed by atoms with Crippen LogP contribution in [0.4, 0.5) is 0 Å². The largest absolute Gasteiger partial charge is 0.544 e. The van der Waals surface area contributed by atoms with E-state index in [9.17, 15) is 23.1 Å². The second kappa shape index (κ2) is 15.3. The lowest BCUT2D eigenvalue weighted by Crippen LogP contribution is -2.45. The highest BCUT2D eigenvalue weighted by Crippen LogP contribution is 2.08. The van der Waals surface area contributed by atoms with Crippen molar-refractivity contribution in [3.63, 3.8) is 0 Å². The van der Waals surface area contributed by atoms with Crippen LogP contribution in [-0.2, 0) is 24.4 Å². The Balaban J connectivity index is 0. The first-order valence-corrected chi connectivity index (χ1v) is 11.8. The molecule has 30 heavy (non-hydrogen) atoms. The van der Waals surface area contributed by atoms with Gasteiger partial charge in [0.15, 0.2) is 0 Å². The van der Waals surface area contributed by atoms with E-state index in [0.29, 0.717) is 17.5 Å². The SMILES string of the molecule is C=CC(=O)OCCCCCCC[N+](C)(C)CCCS(=O)(=O)O.C[N+](C)(C)CC(=O)[O-]. The Bertz CT molecular complexity index is 611. The molecule has 0 aliphatic carbocycles. The summed E-state index contributed by atoms with van der Waals surface area (Å²) >= 11 is 0. The molecule has 0 aliphatic heterocycles. The van der Waals surface area contributed by atoms with Gasteiger partial charge in [-0.2, -0.15) is 8.42 Å². The fraction of sp³-hybridized carbons (Fsp3) is 0.800. The van der Waals surface area contributed by atoms with Crippen LogP contribution in [0.3, 0.4) is 0 Å². The minimum Gasteiger partial charge on any atom is -0.544 e. The van der Waals surface area contributed by atoms with E-state index < -0.39 is 16.1 Å². The number of carboxylic acid groups (broad SMARTS) is 1. The van der Waals surface area contributed by atoms with Crippen LogP contribution >= 0.6 is 0 Å². The van der Waals surface area contributed by atoms with Crippen molar-refractivity contribution in [3.8, 4) is 0 Å². The second-order valence-corrected chi connectivity index (χ2v) is 10.6. The van der Waals surface area contributed by atoms with Crippen molar-refractivity contribution in [2.75, 3.05) is 67.2 Å². The first-order chi connectivity index (χ1) is 13.6. The molecule has 0 radical (unpaired) electrons. The molecule has 178 valence electrons. The van der Waals surface area contributed by atoms with Crippen LogP contribution in [0, 0.1) is 0 Å². The Kier molecular flexibility index (Phi) is 15.7. The van der Waals surface area contributed by atoms with Crippen molar-refractivity contribution >= 4 is 22.1 Å². The highest BCUT2D eigenvalue weighted by molar-refractivity contribution is 7.85. The quantitative estimate of drug-likeness (QED) is 0.126. The summed E-state index contributed by atoms with van der Waals surface area (Å²) in [5, 5.41) is 9.89. The van der Waals surface area contributed by atoms with Crippen molar-refractivity contribution < 1.29 is 41.4 Å². The minimum atomic E-state index is -3.84. The molecule has 0 atom stereocenters. The normalized spacial score (nSPS) is 11.9. The van der Waals surface area contributed by atoms with Crippen LogP contribution in [0.2, 0.25) is 0 Å². The number of hydrogen-bond acceptors (Lipinski definition) is 6. The molecule has 0 fully saturated rings. The van der Waals surface area contributed by atoms with Crippen molar-refractivity contribution in [1.29, 1.82) is 0 Å². The van der Waals surface area contributed by atoms with E-state index in [1.165, 1.54) is 6.08 Å². The maximum absolute atomic E-state index is 10.8. The summed E-state index contributed by atoms with van der Waals surface area (Å²) in [5.41, 5.74) is 0. The molecule has 10 heteroatoms. The molecule has 0 aromatic carbocycles. The van der Waals surface area contributed by atoms with Crippen LogP contribution in [0.25, 0.3) is 0 Å². The van der Waals surface area contributed by atoms with Crippen LogP contribution in [0.1, 0.15) is 38.5 Å². The van der Waals surface area contributed by atoms with Gasteiger partial charge in [-0.05, 0) is 19.3 Å². The number of carbonyl (C=O) groups is 2. The second-order valence-electron chi connectivity index (χ2n) is 8.98. The molecule has 0 aromatic rings. The van der Waals surface area contributed by atoms with E-state index in [0.717, 1.165) is 49.7 Å². The number of nitrogens with zero attached hydrogens (tertiary/aromatic N) is 2. The summed E-state index contributed by atoms with van der Waals surface area (Å²) in [6.07, 6.45) is 6.81. The first-order valence-electron chi connectivity index (χ1n) is 10.1. The number of aliphatic carboxylic acids is 1. The smallest absolute Gasteiger partial charge is 0.330 e. The number of esters is 1. The fourth-order valence-corrected chi connectivity index (χ4v) is 3.07. The number of ether oxygens (including phenoxy) is 1. The van der Waals surface area contributed by atoms with E-state index in [1.54, 1.807) is 21.1 Å². The number of hydrogen-bond donors (Lipinski definition) is 1. The average Bonchev–Trinajstić information content (AvgIpc) is 2.53. The van der Waals surface area contributed by atoms with Gasteiger partial charge in [-0.1, -0.05) is 19.4 Å². The molecule has 0 heterocycles. The zero-order valence-electron chi connectivity index (χ0n) is 19.3. The van der Waals surface area contributed by atoms with E-state index in [1.807, 2.05) is 0 Å². The predicted octanol–water partition coefficient (Wildman–Crippen LogP) is 0.463. The lowest BCUT2D eigenvalue weighted by molar-refractivity contribution is -0.890. The first kappa shape index (κ1) is 30.7. The third-order valence-corrected chi connectivity index (χ3v) is 4.89. The van der Waals surface area contributed by atoms with Gasteiger partial charge < -0.3 is 23.6 Å². The Hall–Kier alpha value is -1.49. The molecule has 0 spiro atoms. The van der Waals surface area contributed by atoms with Gasteiger partial charge in [-0.3, -0.25) is 4.55 Å². The lowest BCUT2D eigenvalue weighted by atomic mass is 10.1. The van der Waals surface area contributed by atoms with Crippen molar-refractivity contribution in [2.45, 2.75) is 38.5 Å². The Labute approximate surface area is 182 Å². The van der Waals surface area contributed by atoms with E-state index in [-0.39, 0.29) is 18.3 Å². The number of likely N-dealkylation sites (N-methyl/N-ethyl adjacent to an activating group) is 1. The number of carboxylic acids is 1. The number of unbranched alkanes of at least 4 members (excludes halogenated alkanes) is 4. The zero-order valence-corrected chi connectivity index (χ0v) is 20.1.